The van der Waals surface area contributed by atoms with E-state index in [1.807, 2.05) is 0 Å². The summed E-state index contributed by atoms with van der Waals surface area (Å²) in [6.07, 6.45) is 3.37. The fourth-order valence-corrected chi connectivity index (χ4v) is 2.17. The van der Waals surface area contributed by atoms with Crippen LogP contribution in [0.25, 0.3) is 0 Å². The van der Waals surface area contributed by atoms with Crippen LogP contribution >= 0.6 is 11.6 Å². The first-order chi connectivity index (χ1) is 9.74. The van der Waals surface area contributed by atoms with Crippen molar-refractivity contribution in [2.45, 2.75) is 6.54 Å². The average Bonchev–Trinajstić information content (AvgIpc) is 2.98. The van der Waals surface area contributed by atoms with Crippen LogP contribution in [0.2, 0.25) is 5.02 Å². The highest BCUT2D eigenvalue weighted by molar-refractivity contribution is 6.32. The highest BCUT2D eigenvalue weighted by Crippen LogP contribution is 2.38. The fourth-order valence-electron chi connectivity index (χ4n) is 1.90. The van der Waals surface area contributed by atoms with Crippen LogP contribution in [0.3, 0.4) is 0 Å². The smallest absolute Gasteiger partial charge is 0.251 e. The molecule has 2 aromatic rings. The Balaban J connectivity index is 1.76. The third-order valence-electron chi connectivity index (χ3n) is 2.87. The average molecular weight is 294 g/mol. The summed E-state index contributed by atoms with van der Waals surface area (Å²) in [5, 5.41) is 9.65. The summed E-state index contributed by atoms with van der Waals surface area (Å²) < 4.78 is 10.8. The SMILES string of the molecule is O=C(NCc1cn[nH]c1)c1cc(Cl)c2c(c1)OCCO2. The Bertz CT molecular complexity index is 628. The molecule has 0 saturated carbocycles. The van der Waals surface area contributed by atoms with E-state index in [9.17, 15) is 4.79 Å². The zero-order chi connectivity index (χ0) is 13.9. The van der Waals surface area contributed by atoms with Crippen LogP contribution in [-0.2, 0) is 6.54 Å². The van der Waals surface area contributed by atoms with E-state index in [1.54, 1.807) is 24.5 Å². The third-order valence-corrected chi connectivity index (χ3v) is 3.15. The van der Waals surface area contributed by atoms with E-state index in [0.717, 1.165) is 5.56 Å². The van der Waals surface area contributed by atoms with Crippen molar-refractivity contribution in [3.8, 4) is 11.5 Å². The van der Waals surface area contributed by atoms with Gasteiger partial charge in [-0.05, 0) is 12.1 Å². The molecule has 0 spiro atoms. The summed E-state index contributed by atoms with van der Waals surface area (Å²) in [6.45, 7) is 1.30. The van der Waals surface area contributed by atoms with Gasteiger partial charge in [-0.15, -0.1) is 0 Å². The molecule has 3 rings (SSSR count). The van der Waals surface area contributed by atoms with Crippen molar-refractivity contribution in [3.63, 3.8) is 0 Å². The number of aromatic nitrogens is 2. The predicted octanol–water partition coefficient (Wildman–Crippen LogP) is 1.76. The first kappa shape index (κ1) is 12.8. The Labute approximate surface area is 120 Å². The number of hydrogen-bond donors (Lipinski definition) is 2. The van der Waals surface area contributed by atoms with Crippen LogP contribution in [0.4, 0.5) is 0 Å². The molecule has 104 valence electrons. The van der Waals surface area contributed by atoms with Crippen LogP contribution in [0.1, 0.15) is 15.9 Å². The first-order valence-corrected chi connectivity index (χ1v) is 6.47. The predicted molar refractivity (Wildman–Crippen MR) is 72.2 cm³/mol. The molecule has 2 heterocycles. The Morgan fingerprint density at radius 3 is 3.05 bits per heavy atom. The Morgan fingerprint density at radius 2 is 2.25 bits per heavy atom. The summed E-state index contributed by atoms with van der Waals surface area (Å²) in [5.41, 5.74) is 1.32. The number of carbonyl (C=O) groups excluding carboxylic acids is 1. The lowest BCUT2D eigenvalue weighted by Gasteiger charge is -2.20. The van der Waals surface area contributed by atoms with Gasteiger partial charge in [0, 0.05) is 23.9 Å². The maximum Gasteiger partial charge on any atom is 0.251 e. The minimum atomic E-state index is -0.231. The van der Waals surface area contributed by atoms with E-state index < -0.39 is 0 Å². The number of amides is 1. The summed E-state index contributed by atoms with van der Waals surface area (Å²) in [6, 6.07) is 3.20. The molecule has 1 aromatic carbocycles. The largest absolute Gasteiger partial charge is 0.486 e. The molecule has 0 saturated heterocycles. The van der Waals surface area contributed by atoms with Gasteiger partial charge in [0.1, 0.15) is 13.2 Å². The van der Waals surface area contributed by atoms with E-state index in [1.165, 1.54) is 0 Å². The minimum absolute atomic E-state index is 0.231. The molecule has 0 radical (unpaired) electrons. The zero-order valence-electron chi connectivity index (χ0n) is 10.5. The standard InChI is InChI=1S/C13H12ClN3O3/c14-10-3-9(4-11-12(10)20-2-1-19-11)13(18)15-5-8-6-16-17-7-8/h3-4,6-7H,1-2,5H2,(H,15,18)(H,16,17). The van der Waals surface area contributed by atoms with Crippen molar-refractivity contribution in [2.24, 2.45) is 0 Å². The maximum atomic E-state index is 12.1. The third kappa shape index (κ3) is 2.55. The van der Waals surface area contributed by atoms with E-state index in [4.69, 9.17) is 21.1 Å². The highest BCUT2D eigenvalue weighted by Gasteiger charge is 2.19. The summed E-state index contributed by atoms with van der Waals surface area (Å²) >= 11 is 6.09. The Kier molecular flexibility index (Phi) is 3.47. The summed E-state index contributed by atoms with van der Waals surface area (Å²) in [7, 11) is 0. The van der Waals surface area contributed by atoms with Gasteiger partial charge in [0.2, 0.25) is 0 Å². The Morgan fingerprint density at radius 1 is 1.40 bits per heavy atom. The number of benzene rings is 1. The molecular formula is C13H12ClN3O3. The molecule has 1 aromatic heterocycles. The normalized spacial score (nSPS) is 13.1. The topological polar surface area (TPSA) is 76.2 Å². The lowest BCUT2D eigenvalue weighted by molar-refractivity contribution is 0.0949. The van der Waals surface area contributed by atoms with Gasteiger partial charge in [-0.1, -0.05) is 11.6 Å². The monoisotopic (exact) mass is 293 g/mol. The molecule has 1 aliphatic rings. The van der Waals surface area contributed by atoms with Crippen molar-refractivity contribution < 1.29 is 14.3 Å². The first-order valence-electron chi connectivity index (χ1n) is 6.09. The molecule has 6 nitrogen and oxygen atoms in total. The number of halogens is 1. The van der Waals surface area contributed by atoms with Gasteiger partial charge in [-0.3, -0.25) is 9.89 Å². The maximum absolute atomic E-state index is 12.1. The second-order valence-corrected chi connectivity index (χ2v) is 4.68. The lowest BCUT2D eigenvalue weighted by Crippen LogP contribution is -2.23. The molecule has 0 atom stereocenters. The number of aromatic amines is 1. The van der Waals surface area contributed by atoms with Gasteiger partial charge in [0.15, 0.2) is 11.5 Å². The molecule has 20 heavy (non-hydrogen) atoms. The van der Waals surface area contributed by atoms with Crippen LogP contribution in [0, 0.1) is 0 Å². The summed E-state index contributed by atoms with van der Waals surface area (Å²) in [4.78, 5) is 12.1. The van der Waals surface area contributed by atoms with Crippen LogP contribution in [0.5, 0.6) is 11.5 Å². The van der Waals surface area contributed by atoms with Crippen molar-refractivity contribution in [2.75, 3.05) is 13.2 Å². The van der Waals surface area contributed by atoms with Gasteiger partial charge in [0.25, 0.3) is 5.91 Å². The van der Waals surface area contributed by atoms with E-state index in [-0.39, 0.29) is 5.91 Å². The number of carbonyl (C=O) groups is 1. The van der Waals surface area contributed by atoms with Gasteiger partial charge in [-0.25, -0.2) is 0 Å². The van der Waals surface area contributed by atoms with E-state index >= 15 is 0 Å². The fraction of sp³-hybridized carbons (Fsp3) is 0.231. The van der Waals surface area contributed by atoms with Gasteiger partial charge in [-0.2, -0.15) is 5.10 Å². The molecule has 0 fully saturated rings. The van der Waals surface area contributed by atoms with Gasteiger partial charge >= 0.3 is 0 Å². The molecule has 1 aliphatic heterocycles. The van der Waals surface area contributed by atoms with Crippen molar-refractivity contribution >= 4 is 17.5 Å². The molecule has 0 bridgehead atoms. The number of nitrogens with one attached hydrogen (secondary N) is 2. The van der Waals surface area contributed by atoms with Crippen LogP contribution in [0.15, 0.2) is 24.5 Å². The lowest BCUT2D eigenvalue weighted by atomic mass is 10.1. The molecular weight excluding hydrogens is 282 g/mol. The van der Waals surface area contributed by atoms with Gasteiger partial charge < -0.3 is 14.8 Å². The molecule has 0 unspecified atom stereocenters. The molecule has 2 N–H and O–H groups in total. The van der Waals surface area contributed by atoms with Crippen LogP contribution in [-0.4, -0.2) is 29.3 Å². The minimum Gasteiger partial charge on any atom is -0.486 e. The van der Waals surface area contributed by atoms with E-state index in [0.29, 0.717) is 41.8 Å². The highest BCUT2D eigenvalue weighted by atomic mass is 35.5. The second kappa shape index (κ2) is 5.42. The summed E-state index contributed by atoms with van der Waals surface area (Å²) in [5.74, 6) is 0.756. The second-order valence-electron chi connectivity index (χ2n) is 4.27. The number of H-pyrrole nitrogens is 1. The number of ether oxygens (including phenoxy) is 2. The van der Waals surface area contributed by atoms with E-state index in [2.05, 4.69) is 15.5 Å². The van der Waals surface area contributed by atoms with Gasteiger partial charge in [0.05, 0.1) is 11.2 Å². The number of fused-ring (bicyclic) bond motifs is 1. The van der Waals surface area contributed by atoms with Crippen molar-refractivity contribution in [1.29, 1.82) is 0 Å². The van der Waals surface area contributed by atoms with Crippen molar-refractivity contribution in [1.82, 2.24) is 15.5 Å². The Hall–Kier alpha value is -2.21. The number of rotatable bonds is 3. The number of nitrogens with zero attached hydrogens (tertiary/aromatic N) is 1. The number of hydrogen-bond acceptors (Lipinski definition) is 4. The quantitative estimate of drug-likeness (QED) is 0.904. The molecule has 7 heteroatoms. The zero-order valence-corrected chi connectivity index (χ0v) is 11.2. The molecule has 1 amide bonds. The van der Waals surface area contributed by atoms with Crippen LogP contribution < -0.4 is 14.8 Å². The van der Waals surface area contributed by atoms with Crippen molar-refractivity contribution in [3.05, 3.63) is 40.7 Å². The molecule has 0 aliphatic carbocycles.